The van der Waals surface area contributed by atoms with Crippen molar-refractivity contribution in [2.75, 3.05) is 16.3 Å². The molecule has 6 heteroatoms. The van der Waals surface area contributed by atoms with Crippen molar-refractivity contribution in [3.8, 4) is 94.7 Å². The molecule has 0 spiro atoms. The lowest BCUT2D eigenvalue weighted by atomic mass is 9.33. The first-order valence-corrected chi connectivity index (χ1v) is 48.1. The van der Waals surface area contributed by atoms with Gasteiger partial charge >= 0.3 is 0 Å². The molecular formula is C128H116BN3O2. The van der Waals surface area contributed by atoms with E-state index in [9.17, 15) is 0 Å². The molecule has 134 heavy (non-hydrogen) atoms. The van der Waals surface area contributed by atoms with Gasteiger partial charge in [-0.05, 0) is 275 Å². The number of hydrogen-bond donors (Lipinski definition) is 0. The van der Waals surface area contributed by atoms with E-state index in [1.165, 1.54) is 94.0 Å². The molecule has 20 aromatic rings. The average Bonchev–Trinajstić information content (AvgIpc) is 0.826. The van der Waals surface area contributed by atoms with Crippen LogP contribution in [0.2, 0.25) is 0 Å². The van der Waals surface area contributed by atoms with Gasteiger partial charge in [0.25, 0.3) is 6.71 Å². The first-order chi connectivity index (χ1) is 64.2. The van der Waals surface area contributed by atoms with Crippen molar-refractivity contribution in [1.29, 1.82) is 0 Å². The largest absolute Gasteiger partial charge is 0.456 e. The van der Waals surface area contributed by atoms with Crippen LogP contribution < -0.4 is 26.2 Å². The van der Waals surface area contributed by atoms with Crippen molar-refractivity contribution in [2.24, 2.45) is 0 Å². The Kier molecular flexibility index (Phi) is 20.2. The molecule has 0 N–H and O–H groups in total. The van der Waals surface area contributed by atoms with Crippen molar-refractivity contribution in [1.82, 2.24) is 4.57 Å². The summed E-state index contributed by atoms with van der Waals surface area (Å²) >= 11 is 0. The summed E-state index contributed by atoms with van der Waals surface area (Å²) in [5, 5.41) is 6.87. The van der Waals surface area contributed by atoms with Crippen LogP contribution in [0, 0.1) is 0 Å². The number of aromatic nitrogens is 1. The van der Waals surface area contributed by atoms with Gasteiger partial charge in [-0.15, -0.1) is 0 Å². The number of furan rings is 2. The van der Waals surface area contributed by atoms with Crippen LogP contribution in [0.4, 0.5) is 28.4 Å². The normalized spacial score (nSPS) is 13.2. The van der Waals surface area contributed by atoms with Gasteiger partial charge in [-0.2, -0.15) is 0 Å². The fourth-order valence-corrected chi connectivity index (χ4v) is 21.4. The Hall–Kier alpha value is -14.2. The molecule has 0 fully saturated rings. The molecule has 0 saturated carbocycles. The van der Waals surface area contributed by atoms with Gasteiger partial charge in [0.2, 0.25) is 0 Å². The van der Waals surface area contributed by atoms with Gasteiger partial charge < -0.3 is 23.2 Å². The Morgan fingerprint density at radius 1 is 0.246 bits per heavy atom. The van der Waals surface area contributed by atoms with E-state index in [2.05, 4.69) is 491 Å². The zero-order valence-electron chi connectivity index (χ0n) is 80.6. The first kappa shape index (κ1) is 85.3. The highest BCUT2D eigenvalue weighted by atomic mass is 16.3. The minimum atomic E-state index is -0.323. The van der Waals surface area contributed by atoms with E-state index in [0.717, 1.165) is 150 Å². The van der Waals surface area contributed by atoms with E-state index in [0.29, 0.717) is 13.0 Å². The van der Waals surface area contributed by atoms with Crippen LogP contribution in [0.3, 0.4) is 0 Å². The third-order valence-corrected chi connectivity index (χ3v) is 28.8. The van der Waals surface area contributed by atoms with E-state index in [4.69, 9.17) is 8.83 Å². The summed E-state index contributed by atoms with van der Waals surface area (Å²) in [7, 11) is 0. The minimum absolute atomic E-state index is 0.133. The molecule has 3 aromatic heterocycles. The van der Waals surface area contributed by atoms with Crippen LogP contribution in [0.25, 0.3) is 160 Å². The zero-order valence-corrected chi connectivity index (χ0v) is 80.6. The summed E-state index contributed by atoms with van der Waals surface area (Å²) < 4.78 is 16.5. The SMILES string of the molecule is CC(C)(C)c1cc(-c2ccc3c(c2)B2c4ccc(-c5cc(-c6ccccc6)cc(-c6ccccc6)c5)cc4N(c4c(-c5ccccc5)cc(C(C)(C)C)cc4-c4ccccc4)c4cc(-n5c6ccc(C(C)(C)C)cc6c6cc(C(C)(C)C)ccc65)cc(c42)N3CCc2c(-c3cccc4oc5ccccc5c34)cc(C(C)(C)C)cc2-c2cccc3oc4ccccc4c23)cc(C(C)(C)C)c1. The molecule has 5 nitrogen and oxygen atoms in total. The molecular weight excluding hydrogens is 1620 g/mol. The number of benzene rings is 17. The fraction of sp³-hybridized carbons (Fsp3) is 0.203. The quantitative estimate of drug-likeness (QED) is 0.108. The topological polar surface area (TPSA) is 37.7 Å². The maximum Gasteiger partial charge on any atom is 0.252 e. The molecule has 0 radical (unpaired) electrons. The predicted octanol–water partition coefficient (Wildman–Crippen LogP) is 33.7. The van der Waals surface area contributed by atoms with Gasteiger partial charge in [-0.25, -0.2) is 0 Å². The number of fused-ring (bicyclic) bond motifs is 13. The van der Waals surface area contributed by atoms with Gasteiger partial charge in [0, 0.05) is 72.7 Å². The third kappa shape index (κ3) is 14.9. The average molecular weight is 1740 g/mol. The minimum Gasteiger partial charge on any atom is -0.456 e. The molecule has 0 unspecified atom stereocenters. The van der Waals surface area contributed by atoms with Crippen LogP contribution >= 0.6 is 0 Å². The highest BCUT2D eigenvalue weighted by molar-refractivity contribution is 7.00. The summed E-state index contributed by atoms with van der Waals surface area (Å²) in [5.41, 5.74) is 42.5. The smallest absolute Gasteiger partial charge is 0.252 e. The molecule has 5 heterocycles. The van der Waals surface area contributed by atoms with Crippen LogP contribution in [-0.2, 0) is 38.9 Å². The van der Waals surface area contributed by atoms with Crippen molar-refractivity contribution in [3.05, 3.63) is 391 Å². The van der Waals surface area contributed by atoms with Gasteiger partial charge in [0.05, 0.1) is 22.4 Å². The predicted molar refractivity (Wildman–Crippen MR) is 574 cm³/mol. The van der Waals surface area contributed by atoms with Crippen molar-refractivity contribution < 1.29 is 8.83 Å². The lowest BCUT2D eigenvalue weighted by Gasteiger charge is -2.46. The Morgan fingerprint density at radius 2 is 0.642 bits per heavy atom. The van der Waals surface area contributed by atoms with Gasteiger partial charge in [0.1, 0.15) is 22.3 Å². The van der Waals surface area contributed by atoms with Crippen molar-refractivity contribution in [2.45, 2.75) is 164 Å². The maximum absolute atomic E-state index is 6.95. The van der Waals surface area contributed by atoms with Gasteiger partial charge in [-0.3, -0.25) is 0 Å². The second-order valence-corrected chi connectivity index (χ2v) is 44.0. The highest BCUT2D eigenvalue weighted by Gasteiger charge is 2.46. The zero-order chi connectivity index (χ0) is 92.6. The third-order valence-electron chi connectivity index (χ3n) is 28.8. The number of hydrogen-bond acceptors (Lipinski definition) is 4. The number of rotatable bonds is 13. The summed E-state index contributed by atoms with van der Waals surface area (Å²) in [6.07, 6.45) is 0.614. The van der Waals surface area contributed by atoms with Crippen LogP contribution in [-0.4, -0.2) is 17.8 Å². The first-order valence-electron chi connectivity index (χ1n) is 48.1. The Labute approximate surface area is 790 Å². The van der Waals surface area contributed by atoms with Gasteiger partial charge in [0.15, 0.2) is 0 Å². The fourth-order valence-electron chi connectivity index (χ4n) is 21.4. The van der Waals surface area contributed by atoms with Crippen LogP contribution in [0.1, 0.15) is 164 Å². The molecule has 0 aliphatic carbocycles. The monoisotopic (exact) mass is 1740 g/mol. The summed E-state index contributed by atoms with van der Waals surface area (Å²) in [5.74, 6) is 0. The molecule has 2 aliphatic rings. The van der Waals surface area contributed by atoms with E-state index < -0.39 is 0 Å². The molecule has 0 amide bonds. The lowest BCUT2D eigenvalue weighted by Crippen LogP contribution is -2.62. The summed E-state index contributed by atoms with van der Waals surface area (Å²) in [4.78, 5) is 5.57. The number of anilines is 5. The molecule has 2 aliphatic heterocycles. The summed E-state index contributed by atoms with van der Waals surface area (Å²) in [6.45, 7) is 42.8. The van der Waals surface area contributed by atoms with Crippen molar-refractivity contribution in [3.63, 3.8) is 0 Å². The Bertz CT molecular complexity index is 7740. The molecule has 0 bridgehead atoms. The van der Waals surface area contributed by atoms with E-state index in [-0.39, 0.29) is 39.2 Å². The van der Waals surface area contributed by atoms with E-state index in [1.54, 1.807) is 0 Å². The molecule has 22 rings (SSSR count). The standard InChI is InChI=1S/C128H116BN3O2/c1-123(2,3)89-55-59-109-105(71-89)106-72-90(124(4,5)6)56-60-110(106)131(109)95-77-113-121-114(78-95)132(122-101(81-41-27-21-28-42-81)73-93(127(13,14)15)74-102(122)82-43-29-22-30-44-82)112-69-84(87-64-85(79-37-23-19-24-38-79)63-86(65-87)80-39-25-20-26-40-80)53-57-107(112)129(121)108-68-83(88-66-91(125(7,8)9)70-92(67-88)126(10,11)12)54-58-111(108)130(113)62-61-96-103(97-47-35-51-117-119(97)99-45-31-33-49-115(99)133-117)75-94(128(16,17)18)76-104(96)98-48-36-52-118-120(98)100-46-32-34-50-116(100)134-118/h19-60,63-78H,61-62H2,1-18H3. The Balaban J connectivity index is 0.907. The van der Waals surface area contributed by atoms with Crippen molar-refractivity contribution >= 4 is 117 Å². The van der Waals surface area contributed by atoms with E-state index >= 15 is 0 Å². The molecule has 0 atom stereocenters. The second-order valence-electron chi connectivity index (χ2n) is 44.0. The Morgan fingerprint density at radius 3 is 1.11 bits per heavy atom. The lowest BCUT2D eigenvalue weighted by molar-refractivity contribution is 0.569. The number of nitrogens with zero attached hydrogens (tertiary/aromatic N) is 3. The molecule has 0 saturated heterocycles. The maximum atomic E-state index is 6.95. The van der Waals surface area contributed by atoms with Crippen LogP contribution in [0.5, 0.6) is 0 Å². The number of para-hydroxylation sites is 2. The van der Waals surface area contributed by atoms with E-state index in [1.807, 2.05) is 0 Å². The van der Waals surface area contributed by atoms with Gasteiger partial charge in [-0.1, -0.05) is 373 Å². The second kappa shape index (κ2) is 31.8. The molecule has 658 valence electrons. The van der Waals surface area contributed by atoms with Crippen LogP contribution in [0.15, 0.2) is 361 Å². The summed E-state index contributed by atoms with van der Waals surface area (Å²) in [6, 6.07) is 135. The molecule has 17 aromatic carbocycles. The highest BCUT2D eigenvalue weighted by Crippen LogP contribution is 2.55.